The van der Waals surface area contributed by atoms with Crippen LogP contribution in [0.5, 0.6) is 5.75 Å². The van der Waals surface area contributed by atoms with Crippen molar-refractivity contribution in [1.29, 1.82) is 0 Å². The number of hydrogen-bond donors (Lipinski definition) is 2. The van der Waals surface area contributed by atoms with Gasteiger partial charge in [0.15, 0.2) is 5.96 Å². The Balaban J connectivity index is 0.00000312. The number of rotatable bonds is 6. The Hall–Kier alpha value is -1.51. The van der Waals surface area contributed by atoms with E-state index in [2.05, 4.69) is 15.6 Å². The summed E-state index contributed by atoms with van der Waals surface area (Å²) >= 11 is 0. The average molecular weight is 460 g/mol. The molecule has 1 aromatic rings. The maximum Gasteiger partial charge on any atom is 0.241 e. The van der Waals surface area contributed by atoms with Gasteiger partial charge in [-0.3, -0.25) is 4.79 Å². The van der Waals surface area contributed by atoms with Crippen molar-refractivity contribution < 1.29 is 9.53 Å². The number of aliphatic imine (C=N–C) groups is 1. The fourth-order valence-electron chi connectivity index (χ4n) is 2.73. The highest BCUT2D eigenvalue weighted by Gasteiger charge is 2.17. The van der Waals surface area contributed by atoms with E-state index in [1.54, 1.807) is 7.11 Å². The minimum atomic E-state index is 0. The van der Waals surface area contributed by atoms with Crippen molar-refractivity contribution in [1.82, 2.24) is 15.5 Å². The molecule has 2 rings (SSSR count). The third kappa shape index (κ3) is 6.72. The molecule has 1 fully saturated rings. The number of guanidine groups is 1. The first-order valence-electron chi connectivity index (χ1n) is 8.57. The van der Waals surface area contributed by atoms with Crippen LogP contribution >= 0.6 is 24.0 Å². The van der Waals surface area contributed by atoms with Crippen LogP contribution in [-0.4, -0.2) is 50.1 Å². The Morgan fingerprint density at radius 2 is 2.00 bits per heavy atom. The van der Waals surface area contributed by atoms with Crippen LogP contribution in [0.4, 0.5) is 0 Å². The number of ether oxygens (including phenoxy) is 1. The first kappa shape index (κ1) is 21.5. The van der Waals surface area contributed by atoms with Gasteiger partial charge in [-0.15, -0.1) is 24.0 Å². The normalized spacial score (nSPS) is 14.0. The van der Waals surface area contributed by atoms with Crippen molar-refractivity contribution in [3.8, 4) is 5.75 Å². The van der Waals surface area contributed by atoms with E-state index < -0.39 is 0 Å². The molecule has 0 bridgehead atoms. The second-order valence-corrected chi connectivity index (χ2v) is 5.95. The number of nitrogens with zero attached hydrogens (tertiary/aromatic N) is 2. The van der Waals surface area contributed by atoms with Gasteiger partial charge in [-0.2, -0.15) is 0 Å². The quantitative estimate of drug-likeness (QED) is 0.389. The predicted molar refractivity (Wildman–Crippen MR) is 112 cm³/mol. The van der Waals surface area contributed by atoms with Crippen molar-refractivity contribution >= 4 is 35.8 Å². The summed E-state index contributed by atoms with van der Waals surface area (Å²) in [5.41, 5.74) is 2.17. The summed E-state index contributed by atoms with van der Waals surface area (Å²) in [6.45, 7) is 7.29. The summed E-state index contributed by atoms with van der Waals surface area (Å²) in [7, 11) is 1.67. The molecule has 0 radical (unpaired) electrons. The number of hydrogen-bond acceptors (Lipinski definition) is 3. The second kappa shape index (κ2) is 11.2. The molecule has 0 aliphatic carbocycles. The Kier molecular flexibility index (Phi) is 9.62. The van der Waals surface area contributed by atoms with Crippen LogP contribution in [0.1, 0.15) is 30.9 Å². The van der Waals surface area contributed by atoms with E-state index >= 15 is 0 Å². The lowest BCUT2D eigenvalue weighted by atomic mass is 10.1. The lowest BCUT2D eigenvalue weighted by molar-refractivity contribution is -0.128. The minimum Gasteiger partial charge on any atom is -0.496 e. The number of nitrogens with one attached hydrogen (secondary N) is 2. The summed E-state index contributed by atoms with van der Waals surface area (Å²) in [5, 5.41) is 6.30. The number of aryl methyl sites for hydroxylation is 1. The van der Waals surface area contributed by atoms with Crippen LogP contribution in [0, 0.1) is 6.92 Å². The van der Waals surface area contributed by atoms with Gasteiger partial charge in [-0.05, 0) is 38.3 Å². The minimum absolute atomic E-state index is 0. The highest BCUT2D eigenvalue weighted by atomic mass is 127. The molecule has 140 valence electrons. The number of methoxy groups -OCH3 is 1. The zero-order valence-corrected chi connectivity index (χ0v) is 17.6. The Morgan fingerprint density at radius 1 is 1.28 bits per heavy atom. The third-order valence-corrected chi connectivity index (χ3v) is 4.06. The Labute approximate surface area is 167 Å². The largest absolute Gasteiger partial charge is 0.496 e. The molecular formula is C18H29IN4O2. The van der Waals surface area contributed by atoms with Gasteiger partial charge in [0.25, 0.3) is 0 Å². The van der Waals surface area contributed by atoms with Crippen molar-refractivity contribution in [3.63, 3.8) is 0 Å². The zero-order valence-electron chi connectivity index (χ0n) is 15.3. The molecule has 1 saturated heterocycles. The molecule has 1 heterocycles. The molecule has 6 nitrogen and oxygen atoms in total. The van der Waals surface area contributed by atoms with Crippen LogP contribution in [-0.2, 0) is 11.3 Å². The highest BCUT2D eigenvalue weighted by Crippen LogP contribution is 2.20. The maximum atomic E-state index is 12.1. The number of halogens is 1. The first-order chi connectivity index (χ1) is 11.6. The molecule has 1 aliphatic rings. The van der Waals surface area contributed by atoms with Crippen molar-refractivity contribution in [2.24, 2.45) is 4.99 Å². The van der Waals surface area contributed by atoms with E-state index in [4.69, 9.17) is 4.74 Å². The Bertz CT molecular complexity index is 586. The maximum absolute atomic E-state index is 12.1. The average Bonchev–Trinajstić information content (AvgIpc) is 3.12. The van der Waals surface area contributed by atoms with Crippen LogP contribution in [0.15, 0.2) is 23.2 Å². The van der Waals surface area contributed by atoms with Crippen LogP contribution in [0.2, 0.25) is 0 Å². The number of amides is 1. The van der Waals surface area contributed by atoms with E-state index in [0.717, 1.165) is 49.4 Å². The summed E-state index contributed by atoms with van der Waals surface area (Å²) in [4.78, 5) is 18.6. The van der Waals surface area contributed by atoms with E-state index in [1.807, 2.05) is 36.9 Å². The molecule has 25 heavy (non-hydrogen) atoms. The smallest absolute Gasteiger partial charge is 0.241 e. The van der Waals surface area contributed by atoms with Gasteiger partial charge in [0.05, 0.1) is 20.2 Å². The second-order valence-electron chi connectivity index (χ2n) is 5.95. The zero-order chi connectivity index (χ0) is 17.4. The first-order valence-corrected chi connectivity index (χ1v) is 8.57. The van der Waals surface area contributed by atoms with Crippen LogP contribution in [0.25, 0.3) is 0 Å². The SMILES string of the molecule is CCNC(=NCc1ccc(C)cc1OC)NCC(=O)N1CCCC1.I. The third-order valence-electron chi connectivity index (χ3n) is 4.06. The van der Waals surface area contributed by atoms with Gasteiger partial charge >= 0.3 is 0 Å². The highest BCUT2D eigenvalue weighted by molar-refractivity contribution is 14.0. The summed E-state index contributed by atoms with van der Waals surface area (Å²) < 4.78 is 5.41. The van der Waals surface area contributed by atoms with E-state index in [9.17, 15) is 4.79 Å². The molecule has 0 unspecified atom stereocenters. The number of likely N-dealkylation sites (tertiary alicyclic amines) is 1. The summed E-state index contributed by atoms with van der Waals surface area (Å²) in [5.74, 6) is 1.61. The lowest BCUT2D eigenvalue weighted by Gasteiger charge is -2.17. The molecule has 2 N–H and O–H groups in total. The van der Waals surface area contributed by atoms with E-state index in [-0.39, 0.29) is 36.4 Å². The molecule has 1 amide bonds. The lowest BCUT2D eigenvalue weighted by Crippen LogP contribution is -2.44. The van der Waals surface area contributed by atoms with Crippen molar-refractivity contribution in [2.45, 2.75) is 33.2 Å². The molecule has 0 spiro atoms. The number of benzene rings is 1. The standard InChI is InChI=1S/C18H28N4O2.HI/c1-4-19-18(21-13-17(23)22-9-5-6-10-22)20-12-15-8-7-14(2)11-16(15)24-3;/h7-8,11H,4-6,9-10,12-13H2,1-3H3,(H2,19,20,21);1H. The summed E-state index contributed by atoms with van der Waals surface area (Å²) in [6, 6.07) is 6.07. The fraction of sp³-hybridized carbons (Fsp3) is 0.556. The molecule has 0 aromatic heterocycles. The molecule has 7 heteroatoms. The predicted octanol–water partition coefficient (Wildman–Crippen LogP) is 2.30. The molecule has 1 aromatic carbocycles. The number of carbonyl (C=O) groups excluding carboxylic acids is 1. The molecule has 1 aliphatic heterocycles. The van der Waals surface area contributed by atoms with Gasteiger partial charge in [0, 0.05) is 25.2 Å². The van der Waals surface area contributed by atoms with Crippen molar-refractivity contribution in [2.75, 3.05) is 33.3 Å². The Morgan fingerprint density at radius 3 is 2.64 bits per heavy atom. The van der Waals surface area contributed by atoms with E-state index in [1.165, 1.54) is 0 Å². The fourth-order valence-corrected chi connectivity index (χ4v) is 2.73. The van der Waals surface area contributed by atoms with Gasteiger partial charge < -0.3 is 20.3 Å². The number of carbonyl (C=O) groups is 1. The monoisotopic (exact) mass is 460 g/mol. The van der Waals surface area contributed by atoms with Crippen LogP contribution < -0.4 is 15.4 Å². The summed E-state index contributed by atoms with van der Waals surface area (Å²) in [6.07, 6.45) is 2.21. The molecular weight excluding hydrogens is 431 g/mol. The molecule has 0 saturated carbocycles. The molecule has 0 atom stereocenters. The van der Waals surface area contributed by atoms with Gasteiger partial charge in [-0.25, -0.2) is 4.99 Å². The van der Waals surface area contributed by atoms with Gasteiger partial charge in [0.2, 0.25) is 5.91 Å². The van der Waals surface area contributed by atoms with Crippen LogP contribution in [0.3, 0.4) is 0 Å². The van der Waals surface area contributed by atoms with E-state index in [0.29, 0.717) is 12.5 Å². The van der Waals surface area contributed by atoms with Crippen molar-refractivity contribution in [3.05, 3.63) is 29.3 Å². The van der Waals surface area contributed by atoms with Gasteiger partial charge in [0.1, 0.15) is 5.75 Å². The topological polar surface area (TPSA) is 66.0 Å². The van der Waals surface area contributed by atoms with Gasteiger partial charge in [-0.1, -0.05) is 12.1 Å².